The van der Waals surface area contributed by atoms with E-state index in [1.807, 2.05) is 0 Å². The predicted octanol–water partition coefficient (Wildman–Crippen LogP) is 0.0651. The lowest BCUT2D eigenvalue weighted by atomic mass is 9.88. The summed E-state index contributed by atoms with van der Waals surface area (Å²) in [5.41, 5.74) is 11.0. The van der Waals surface area contributed by atoms with E-state index in [4.69, 9.17) is 11.5 Å². The van der Waals surface area contributed by atoms with E-state index in [2.05, 4.69) is 11.8 Å². The van der Waals surface area contributed by atoms with Gasteiger partial charge in [0.2, 0.25) is 5.91 Å². The van der Waals surface area contributed by atoms with Gasteiger partial charge in [-0.3, -0.25) is 4.79 Å². The Bertz CT molecular complexity index is 208. The number of rotatable bonds is 3. The van der Waals surface area contributed by atoms with Gasteiger partial charge in [0.15, 0.2) is 0 Å². The summed E-state index contributed by atoms with van der Waals surface area (Å²) in [6.07, 6.45) is 3.18. The van der Waals surface area contributed by atoms with E-state index in [0.29, 0.717) is 6.42 Å². The van der Waals surface area contributed by atoms with Gasteiger partial charge < -0.3 is 16.4 Å². The molecule has 1 fully saturated rings. The standard InChI is InChI=1S/C10H21N3O/c1-2-13-6-3-4-10(12,5-7-13)8-9(11)14/h2-8,12H2,1H3,(H2,11,14). The molecule has 4 heteroatoms. The Hall–Kier alpha value is -0.610. The molecule has 0 saturated carbocycles. The van der Waals surface area contributed by atoms with Crippen molar-refractivity contribution in [2.45, 2.75) is 38.1 Å². The molecule has 0 spiro atoms. The SMILES string of the molecule is CCN1CCCC(N)(CC(N)=O)CC1. The van der Waals surface area contributed by atoms with Crippen LogP contribution in [0.15, 0.2) is 0 Å². The molecule has 0 aromatic carbocycles. The molecule has 4 nitrogen and oxygen atoms in total. The Morgan fingerprint density at radius 1 is 1.43 bits per heavy atom. The van der Waals surface area contributed by atoms with E-state index in [-0.39, 0.29) is 11.4 Å². The van der Waals surface area contributed by atoms with Crippen LogP contribution in [-0.2, 0) is 4.79 Å². The first kappa shape index (κ1) is 11.5. The summed E-state index contributed by atoms with van der Waals surface area (Å²) in [5.74, 6) is -0.280. The number of carbonyl (C=O) groups is 1. The number of carbonyl (C=O) groups excluding carboxylic acids is 1. The van der Waals surface area contributed by atoms with E-state index < -0.39 is 0 Å². The van der Waals surface area contributed by atoms with Crippen LogP contribution >= 0.6 is 0 Å². The van der Waals surface area contributed by atoms with Crippen molar-refractivity contribution in [3.8, 4) is 0 Å². The van der Waals surface area contributed by atoms with Gasteiger partial charge in [-0.15, -0.1) is 0 Å². The Kier molecular flexibility index (Phi) is 3.89. The van der Waals surface area contributed by atoms with Crippen molar-refractivity contribution in [3.63, 3.8) is 0 Å². The summed E-state index contributed by atoms with van der Waals surface area (Å²) in [4.78, 5) is 13.2. The van der Waals surface area contributed by atoms with Crippen molar-refractivity contribution in [2.75, 3.05) is 19.6 Å². The van der Waals surface area contributed by atoms with E-state index >= 15 is 0 Å². The maximum Gasteiger partial charge on any atom is 0.219 e. The average molecular weight is 199 g/mol. The molecule has 1 aliphatic heterocycles. The predicted molar refractivity (Wildman–Crippen MR) is 56.7 cm³/mol. The molecule has 4 N–H and O–H groups in total. The Morgan fingerprint density at radius 2 is 2.14 bits per heavy atom. The van der Waals surface area contributed by atoms with Crippen molar-refractivity contribution in [2.24, 2.45) is 11.5 Å². The highest BCUT2D eigenvalue weighted by molar-refractivity contribution is 5.75. The molecule has 14 heavy (non-hydrogen) atoms. The second-order valence-electron chi connectivity index (χ2n) is 4.29. The minimum atomic E-state index is -0.351. The maximum atomic E-state index is 10.9. The van der Waals surface area contributed by atoms with Gasteiger partial charge in [-0.2, -0.15) is 0 Å². The third-order valence-electron chi connectivity index (χ3n) is 3.05. The van der Waals surface area contributed by atoms with Gasteiger partial charge >= 0.3 is 0 Å². The highest BCUT2D eigenvalue weighted by atomic mass is 16.1. The Morgan fingerprint density at radius 3 is 2.71 bits per heavy atom. The summed E-state index contributed by atoms with van der Waals surface area (Å²) >= 11 is 0. The second kappa shape index (κ2) is 4.75. The molecule has 1 unspecified atom stereocenters. The fourth-order valence-corrected chi connectivity index (χ4v) is 2.11. The molecule has 1 rings (SSSR count). The first-order valence-electron chi connectivity index (χ1n) is 5.35. The zero-order valence-electron chi connectivity index (χ0n) is 8.96. The Balaban J connectivity index is 2.50. The summed E-state index contributed by atoms with van der Waals surface area (Å²) < 4.78 is 0. The molecule has 82 valence electrons. The minimum absolute atomic E-state index is 0.280. The lowest BCUT2D eigenvalue weighted by molar-refractivity contribution is -0.119. The molecular weight excluding hydrogens is 178 g/mol. The molecular formula is C10H21N3O. The first-order valence-corrected chi connectivity index (χ1v) is 5.35. The van der Waals surface area contributed by atoms with Crippen LogP contribution in [0.4, 0.5) is 0 Å². The molecule has 1 saturated heterocycles. The first-order chi connectivity index (χ1) is 6.56. The molecule has 0 bridgehead atoms. The number of hydrogen-bond donors (Lipinski definition) is 2. The summed E-state index contributed by atoms with van der Waals surface area (Å²) in [6.45, 7) is 5.29. The van der Waals surface area contributed by atoms with Gasteiger partial charge in [-0.1, -0.05) is 6.92 Å². The van der Waals surface area contributed by atoms with Gasteiger partial charge in [-0.25, -0.2) is 0 Å². The highest BCUT2D eigenvalue weighted by Crippen LogP contribution is 2.22. The second-order valence-corrected chi connectivity index (χ2v) is 4.29. The van der Waals surface area contributed by atoms with Gasteiger partial charge in [0.05, 0.1) is 0 Å². The monoisotopic (exact) mass is 199 g/mol. The fourth-order valence-electron chi connectivity index (χ4n) is 2.11. The maximum absolute atomic E-state index is 10.9. The molecule has 0 aromatic rings. The molecule has 1 heterocycles. The van der Waals surface area contributed by atoms with Gasteiger partial charge in [0.25, 0.3) is 0 Å². The van der Waals surface area contributed by atoms with Crippen LogP contribution in [0, 0.1) is 0 Å². The van der Waals surface area contributed by atoms with Crippen molar-refractivity contribution in [1.82, 2.24) is 4.90 Å². The smallest absolute Gasteiger partial charge is 0.219 e. The molecule has 1 atom stereocenters. The zero-order valence-corrected chi connectivity index (χ0v) is 8.96. The number of primary amides is 1. The van der Waals surface area contributed by atoms with Crippen molar-refractivity contribution < 1.29 is 4.79 Å². The summed E-state index contributed by atoms with van der Waals surface area (Å²) in [6, 6.07) is 0. The third kappa shape index (κ3) is 3.27. The minimum Gasteiger partial charge on any atom is -0.370 e. The van der Waals surface area contributed by atoms with Crippen molar-refractivity contribution in [1.29, 1.82) is 0 Å². The van der Waals surface area contributed by atoms with Crippen LogP contribution in [-0.4, -0.2) is 36.0 Å². The zero-order chi connectivity index (χ0) is 10.6. The molecule has 0 aromatic heterocycles. The van der Waals surface area contributed by atoms with E-state index in [0.717, 1.165) is 38.9 Å². The average Bonchev–Trinajstić information content (AvgIpc) is 2.26. The van der Waals surface area contributed by atoms with Gasteiger partial charge in [0.1, 0.15) is 0 Å². The highest BCUT2D eigenvalue weighted by Gasteiger charge is 2.29. The molecule has 0 radical (unpaired) electrons. The van der Waals surface area contributed by atoms with Gasteiger partial charge in [0, 0.05) is 12.0 Å². The summed E-state index contributed by atoms with van der Waals surface area (Å²) in [5, 5.41) is 0. The molecule has 1 amide bonds. The van der Waals surface area contributed by atoms with E-state index in [1.165, 1.54) is 0 Å². The Labute approximate surface area is 85.6 Å². The quantitative estimate of drug-likeness (QED) is 0.675. The van der Waals surface area contributed by atoms with Crippen LogP contribution in [0.5, 0.6) is 0 Å². The largest absolute Gasteiger partial charge is 0.370 e. The molecule has 0 aliphatic carbocycles. The topological polar surface area (TPSA) is 72.3 Å². The normalized spacial score (nSPS) is 29.9. The van der Waals surface area contributed by atoms with Crippen LogP contribution in [0.1, 0.15) is 32.6 Å². The number of amides is 1. The van der Waals surface area contributed by atoms with Gasteiger partial charge in [-0.05, 0) is 38.9 Å². The van der Waals surface area contributed by atoms with Crippen molar-refractivity contribution in [3.05, 3.63) is 0 Å². The molecule has 1 aliphatic rings. The lowest BCUT2D eigenvalue weighted by Gasteiger charge is -2.26. The number of nitrogens with zero attached hydrogens (tertiary/aromatic N) is 1. The van der Waals surface area contributed by atoms with Crippen molar-refractivity contribution >= 4 is 5.91 Å². The van der Waals surface area contributed by atoms with E-state index in [1.54, 1.807) is 0 Å². The lowest BCUT2D eigenvalue weighted by Crippen LogP contribution is -2.44. The number of nitrogens with two attached hydrogens (primary N) is 2. The third-order valence-corrected chi connectivity index (χ3v) is 3.05. The number of hydrogen-bond acceptors (Lipinski definition) is 3. The summed E-state index contributed by atoms with van der Waals surface area (Å²) in [7, 11) is 0. The van der Waals surface area contributed by atoms with E-state index in [9.17, 15) is 4.79 Å². The van der Waals surface area contributed by atoms with Crippen LogP contribution in [0.3, 0.4) is 0 Å². The fraction of sp³-hybridized carbons (Fsp3) is 0.900. The van der Waals surface area contributed by atoms with Crippen LogP contribution in [0.2, 0.25) is 0 Å². The van der Waals surface area contributed by atoms with Crippen LogP contribution < -0.4 is 11.5 Å². The number of likely N-dealkylation sites (tertiary alicyclic amines) is 1. The van der Waals surface area contributed by atoms with Crippen LogP contribution in [0.25, 0.3) is 0 Å².